The van der Waals surface area contributed by atoms with E-state index >= 15 is 0 Å². The van der Waals surface area contributed by atoms with E-state index in [0.29, 0.717) is 22.6 Å². The van der Waals surface area contributed by atoms with Crippen LogP contribution in [0.25, 0.3) is 0 Å². The van der Waals surface area contributed by atoms with Gasteiger partial charge >= 0.3 is 5.97 Å². The Labute approximate surface area is 164 Å². The Balaban J connectivity index is 1.69. The van der Waals surface area contributed by atoms with E-state index in [4.69, 9.17) is 9.47 Å². The number of carbonyl (C=O) groups excluding carboxylic acids is 2. The van der Waals surface area contributed by atoms with Crippen molar-refractivity contribution in [3.05, 3.63) is 95.1 Å². The standard InChI is InChI=1S/C24H22O4/c1-16-12-13-19(14-17(16)2)23(25)18(3)27-24(26)20-8-7-11-22(15-20)28-21-9-5-4-6-10-21/h4-15,18H,1-3H3/t18-/m0/s1. The second-order valence-electron chi connectivity index (χ2n) is 6.65. The van der Waals surface area contributed by atoms with Crippen molar-refractivity contribution in [3.63, 3.8) is 0 Å². The first kappa shape index (κ1) is 19.4. The Hall–Kier alpha value is -3.40. The summed E-state index contributed by atoms with van der Waals surface area (Å²) in [7, 11) is 0. The maximum Gasteiger partial charge on any atom is 0.338 e. The van der Waals surface area contributed by atoms with Gasteiger partial charge in [-0.1, -0.05) is 36.4 Å². The van der Waals surface area contributed by atoms with Gasteiger partial charge in [0.25, 0.3) is 0 Å². The highest BCUT2D eigenvalue weighted by atomic mass is 16.5. The number of benzene rings is 3. The first-order chi connectivity index (χ1) is 13.4. The zero-order chi connectivity index (χ0) is 20.1. The van der Waals surface area contributed by atoms with Gasteiger partial charge in [-0.3, -0.25) is 4.79 Å². The van der Waals surface area contributed by atoms with Crippen LogP contribution in [0.2, 0.25) is 0 Å². The van der Waals surface area contributed by atoms with Crippen molar-refractivity contribution in [1.29, 1.82) is 0 Å². The second kappa shape index (κ2) is 8.53. The Morgan fingerprint density at radius 2 is 1.46 bits per heavy atom. The van der Waals surface area contributed by atoms with Crippen molar-refractivity contribution in [3.8, 4) is 11.5 Å². The molecule has 0 saturated heterocycles. The van der Waals surface area contributed by atoms with E-state index in [1.54, 1.807) is 37.3 Å². The van der Waals surface area contributed by atoms with Crippen LogP contribution in [0, 0.1) is 13.8 Å². The molecule has 0 bridgehead atoms. The second-order valence-corrected chi connectivity index (χ2v) is 6.65. The van der Waals surface area contributed by atoms with Gasteiger partial charge in [-0.2, -0.15) is 0 Å². The van der Waals surface area contributed by atoms with E-state index in [9.17, 15) is 9.59 Å². The summed E-state index contributed by atoms with van der Waals surface area (Å²) in [5, 5.41) is 0. The third-order valence-corrected chi connectivity index (χ3v) is 4.49. The van der Waals surface area contributed by atoms with E-state index in [-0.39, 0.29) is 5.78 Å². The molecule has 0 aliphatic heterocycles. The molecule has 0 spiro atoms. The van der Waals surface area contributed by atoms with Gasteiger partial charge in [0.2, 0.25) is 5.78 Å². The number of ketones is 1. The van der Waals surface area contributed by atoms with Crippen LogP contribution in [0.5, 0.6) is 11.5 Å². The van der Waals surface area contributed by atoms with Crippen LogP contribution < -0.4 is 4.74 Å². The first-order valence-electron chi connectivity index (χ1n) is 9.09. The van der Waals surface area contributed by atoms with Crippen molar-refractivity contribution in [2.24, 2.45) is 0 Å². The lowest BCUT2D eigenvalue weighted by Gasteiger charge is -2.14. The smallest absolute Gasteiger partial charge is 0.338 e. The molecule has 3 aromatic rings. The monoisotopic (exact) mass is 374 g/mol. The first-order valence-corrected chi connectivity index (χ1v) is 9.09. The summed E-state index contributed by atoms with van der Waals surface area (Å²) in [4.78, 5) is 25.1. The Morgan fingerprint density at radius 3 is 2.18 bits per heavy atom. The molecule has 0 unspecified atom stereocenters. The van der Waals surface area contributed by atoms with Crippen LogP contribution in [0.15, 0.2) is 72.8 Å². The minimum Gasteiger partial charge on any atom is -0.457 e. The van der Waals surface area contributed by atoms with E-state index in [1.165, 1.54) is 0 Å². The molecule has 0 aliphatic carbocycles. The van der Waals surface area contributed by atoms with Crippen LogP contribution >= 0.6 is 0 Å². The predicted octanol–water partition coefficient (Wildman–Crippen LogP) is 5.52. The average molecular weight is 374 g/mol. The lowest BCUT2D eigenvalue weighted by Crippen LogP contribution is -2.24. The summed E-state index contributed by atoms with van der Waals surface area (Å²) < 4.78 is 11.1. The number of esters is 1. The zero-order valence-electron chi connectivity index (χ0n) is 16.1. The van der Waals surface area contributed by atoms with Crippen molar-refractivity contribution in [2.75, 3.05) is 0 Å². The van der Waals surface area contributed by atoms with Crippen LogP contribution in [-0.2, 0) is 4.74 Å². The lowest BCUT2D eigenvalue weighted by molar-refractivity contribution is 0.0318. The molecule has 0 N–H and O–H groups in total. The van der Waals surface area contributed by atoms with E-state index in [2.05, 4.69) is 0 Å². The van der Waals surface area contributed by atoms with E-state index in [0.717, 1.165) is 11.1 Å². The average Bonchev–Trinajstić information content (AvgIpc) is 2.70. The number of hydrogen-bond donors (Lipinski definition) is 0. The third-order valence-electron chi connectivity index (χ3n) is 4.49. The summed E-state index contributed by atoms with van der Waals surface area (Å²) >= 11 is 0. The molecule has 0 fully saturated rings. The normalized spacial score (nSPS) is 11.5. The molecule has 3 aromatic carbocycles. The maximum atomic E-state index is 12.6. The molecule has 3 rings (SSSR count). The molecule has 0 aromatic heterocycles. The molecule has 0 saturated carbocycles. The summed E-state index contributed by atoms with van der Waals surface area (Å²) in [5.41, 5.74) is 2.99. The topological polar surface area (TPSA) is 52.6 Å². The number of ether oxygens (including phenoxy) is 2. The van der Waals surface area contributed by atoms with E-state index < -0.39 is 12.1 Å². The molecule has 28 heavy (non-hydrogen) atoms. The fourth-order valence-electron chi connectivity index (χ4n) is 2.72. The molecule has 142 valence electrons. The molecule has 1 atom stereocenters. The van der Waals surface area contributed by atoms with Gasteiger partial charge in [-0.15, -0.1) is 0 Å². The molecular formula is C24H22O4. The summed E-state index contributed by atoms with van der Waals surface area (Å²) in [6, 6.07) is 21.5. The Bertz CT molecular complexity index is 992. The SMILES string of the molecule is Cc1ccc(C(=O)[C@H](C)OC(=O)c2cccc(Oc3ccccc3)c2)cc1C. The van der Waals surface area contributed by atoms with Crippen molar-refractivity contribution in [2.45, 2.75) is 26.9 Å². The van der Waals surface area contributed by atoms with Crippen molar-refractivity contribution >= 4 is 11.8 Å². The van der Waals surface area contributed by atoms with E-state index in [1.807, 2.05) is 56.3 Å². The quantitative estimate of drug-likeness (QED) is 0.421. The number of aryl methyl sites for hydroxylation is 2. The zero-order valence-corrected chi connectivity index (χ0v) is 16.1. The summed E-state index contributed by atoms with van der Waals surface area (Å²) in [6.07, 6.45) is -0.881. The van der Waals surface area contributed by atoms with Crippen LogP contribution in [0.4, 0.5) is 0 Å². The third kappa shape index (κ3) is 4.65. The van der Waals surface area contributed by atoms with Crippen LogP contribution in [0.3, 0.4) is 0 Å². The molecule has 0 amide bonds. The van der Waals surface area contributed by atoms with Gasteiger partial charge in [0, 0.05) is 5.56 Å². The molecule has 4 heteroatoms. The van der Waals surface area contributed by atoms with Crippen molar-refractivity contribution < 1.29 is 19.1 Å². The fourth-order valence-corrected chi connectivity index (χ4v) is 2.72. The lowest BCUT2D eigenvalue weighted by atomic mass is 10.0. The van der Waals surface area contributed by atoms with Gasteiger partial charge in [0.1, 0.15) is 11.5 Å². The number of hydrogen-bond acceptors (Lipinski definition) is 4. The highest BCUT2D eigenvalue weighted by molar-refractivity contribution is 6.01. The van der Waals surface area contributed by atoms with Gasteiger partial charge in [-0.05, 0) is 68.3 Å². The van der Waals surface area contributed by atoms with Crippen molar-refractivity contribution in [1.82, 2.24) is 0 Å². The van der Waals surface area contributed by atoms with Gasteiger partial charge in [0.05, 0.1) is 5.56 Å². The number of rotatable bonds is 6. The van der Waals surface area contributed by atoms with Gasteiger partial charge in [0.15, 0.2) is 6.10 Å². The molecular weight excluding hydrogens is 352 g/mol. The minimum absolute atomic E-state index is 0.229. The van der Waals surface area contributed by atoms with Gasteiger partial charge < -0.3 is 9.47 Å². The Morgan fingerprint density at radius 1 is 0.750 bits per heavy atom. The Kier molecular flexibility index (Phi) is 5.90. The minimum atomic E-state index is -0.881. The molecule has 0 heterocycles. The van der Waals surface area contributed by atoms with Crippen LogP contribution in [-0.4, -0.2) is 17.9 Å². The summed E-state index contributed by atoms with van der Waals surface area (Å²) in [5.74, 6) is 0.399. The number of Topliss-reactive ketones (excluding diaryl/α,β-unsaturated/α-hetero) is 1. The maximum absolute atomic E-state index is 12.6. The number of para-hydroxylation sites is 1. The van der Waals surface area contributed by atoms with Crippen LogP contribution in [0.1, 0.15) is 38.8 Å². The highest BCUT2D eigenvalue weighted by Crippen LogP contribution is 2.22. The molecule has 0 radical (unpaired) electrons. The fraction of sp³-hybridized carbons (Fsp3) is 0.167. The molecule has 4 nitrogen and oxygen atoms in total. The largest absolute Gasteiger partial charge is 0.457 e. The summed E-state index contributed by atoms with van der Waals surface area (Å²) in [6.45, 7) is 5.51. The highest BCUT2D eigenvalue weighted by Gasteiger charge is 2.21. The molecule has 0 aliphatic rings. The van der Waals surface area contributed by atoms with Gasteiger partial charge in [-0.25, -0.2) is 4.79 Å². The predicted molar refractivity (Wildman–Crippen MR) is 108 cm³/mol. The number of carbonyl (C=O) groups is 2.